The molecular formula is C12H9FO4. The zero-order chi connectivity index (χ0) is 12.4. The fraction of sp³-hybridized carbons (Fsp3) is 0.167. The van der Waals surface area contributed by atoms with Gasteiger partial charge in [-0.3, -0.25) is 4.79 Å². The molecule has 0 saturated carbocycles. The van der Waals surface area contributed by atoms with Crippen molar-refractivity contribution in [1.82, 2.24) is 0 Å². The Morgan fingerprint density at radius 1 is 1.41 bits per heavy atom. The Morgan fingerprint density at radius 2 is 2.12 bits per heavy atom. The minimum absolute atomic E-state index is 0.0782. The van der Waals surface area contributed by atoms with Crippen molar-refractivity contribution in [2.45, 2.75) is 6.92 Å². The van der Waals surface area contributed by atoms with Gasteiger partial charge in [0, 0.05) is 0 Å². The highest BCUT2D eigenvalue weighted by molar-refractivity contribution is 5.89. The molecule has 0 saturated heterocycles. The molecule has 0 aliphatic carbocycles. The molecule has 0 unspecified atom stereocenters. The topological polar surface area (TPSA) is 56.5 Å². The number of fused-ring (bicyclic) bond motifs is 1. The molecule has 0 fully saturated rings. The molecule has 0 atom stereocenters. The van der Waals surface area contributed by atoms with Crippen LogP contribution in [0, 0.1) is 5.82 Å². The van der Waals surface area contributed by atoms with Crippen LogP contribution in [-0.2, 0) is 4.74 Å². The second kappa shape index (κ2) is 4.37. The first-order valence-corrected chi connectivity index (χ1v) is 5.03. The highest BCUT2D eigenvalue weighted by Gasteiger charge is 2.21. The van der Waals surface area contributed by atoms with E-state index >= 15 is 0 Å². The van der Waals surface area contributed by atoms with E-state index in [1.165, 1.54) is 12.1 Å². The van der Waals surface area contributed by atoms with Crippen molar-refractivity contribution in [1.29, 1.82) is 0 Å². The second-order valence-electron chi connectivity index (χ2n) is 3.29. The average Bonchev–Trinajstić information content (AvgIpc) is 2.34. The number of carbonyl (C=O) groups is 1. The number of rotatable bonds is 2. The summed E-state index contributed by atoms with van der Waals surface area (Å²) in [6.07, 6.45) is 0. The lowest BCUT2D eigenvalue weighted by Gasteiger charge is -2.03. The first-order chi connectivity index (χ1) is 8.15. The molecule has 4 nitrogen and oxygen atoms in total. The zero-order valence-corrected chi connectivity index (χ0v) is 9.03. The molecule has 0 aliphatic rings. The molecule has 1 aromatic heterocycles. The van der Waals surface area contributed by atoms with E-state index in [0.29, 0.717) is 0 Å². The van der Waals surface area contributed by atoms with Gasteiger partial charge in [-0.05, 0) is 19.1 Å². The highest BCUT2D eigenvalue weighted by Crippen LogP contribution is 2.15. The molecule has 1 aromatic carbocycles. The van der Waals surface area contributed by atoms with Gasteiger partial charge in [-0.25, -0.2) is 4.79 Å². The van der Waals surface area contributed by atoms with Crippen molar-refractivity contribution in [3.63, 3.8) is 0 Å². The van der Waals surface area contributed by atoms with E-state index in [0.717, 1.165) is 0 Å². The van der Waals surface area contributed by atoms with Crippen molar-refractivity contribution in [3.05, 3.63) is 46.1 Å². The SMILES string of the molecule is CCOC(=O)c1oc2ccccc2c(=O)c1F. The Bertz CT molecular complexity index is 630. The Hall–Kier alpha value is -2.17. The van der Waals surface area contributed by atoms with Gasteiger partial charge in [0.2, 0.25) is 11.2 Å². The summed E-state index contributed by atoms with van der Waals surface area (Å²) in [5.74, 6) is -2.88. The Kier molecular flexibility index (Phi) is 2.91. The number of hydrogen-bond donors (Lipinski definition) is 0. The third-order valence-corrected chi connectivity index (χ3v) is 2.20. The minimum Gasteiger partial charge on any atom is -0.460 e. The number of carbonyl (C=O) groups excluding carboxylic acids is 1. The molecule has 88 valence electrons. The third-order valence-electron chi connectivity index (χ3n) is 2.20. The molecule has 0 radical (unpaired) electrons. The summed E-state index contributed by atoms with van der Waals surface area (Å²) in [4.78, 5) is 23.0. The molecule has 0 aliphatic heterocycles. The number of esters is 1. The van der Waals surface area contributed by atoms with E-state index in [4.69, 9.17) is 4.42 Å². The molecule has 17 heavy (non-hydrogen) atoms. The van der Waals surface area contributed by atoms with Gasteiger partial charge >= 0.3 is 5.97 Å². The van der Waals surface area contributed by atoms with Crippen LogP contribution < -0.4 is 5.43 Å². The fourth-order valence-corrected chi connectivity index (χ4v) is 1.45. The molecule has 5 heteroatoms. The van der Waals surface area contributed by atoms with Gasteiger partial charge < -0.3 is 9.15 Å². The summed E-state index contributed by atoms with van der Waals surface area (Å²) in [7, 11) is 0. The van der Waals surface area contributed by atoms with Gasteiger partial charge in [-0.2, -0.15) is 4.39 Å². The maximum atomic E-state index is 13.6. The quantitative estimate of drug-likeness (QED) is 0.749. The van der Waals surface area contributed by atoms with Crippen molar-refractivity contribution in [2.75, 3.05) is 6.61 Å². The first kappa shape index (κ1) is 11.3. The highest BCUT2D eigenvalue weighted by atomic mass is 19.1. The number of halogens is 1. The Morgan fingerprint density at radius 3 is 2.82 bits per heavy atom. The molecule has 2 rings (SSSR count). The zero-order valence-electron chi connectivity index (χ0n) is 9.03. The number of hydrogen-bond acceptors (Lipinski definition) is 4. The summed E-state index contributed by atoms with van der Waals surface area (Å²) in [5.41, 5.74) is -0.711. The second-order valence-corrected chi connectivity index (χ2v) is 3.29. The van der Waals surface area contributed by atoms with Gasteiger partial charge in [0.25, 0.3) is 5.76 Å². The van der Waals surface area contributed by atoms with Gasteiger partial charge in [0.05, 0.1) is 12.0 Å². The Balaban J connectivity index is 2.70. The van der Waals surface area contributed by atoms with Crippen LogP contribution in [-0.4, -0.2) is 12.6 Å². The van der Waals surface area contributed by atoms with E-state index in [1.54, 1.807) is 19.1 Å². The van der Waals surface area contributed by atoms with Gasteiger partial charge in [0.1, 0.15) is 5.58 Å². The van der Waals surface area contributed by atoms with Crippen LogP contribution >= 0.6 is 0 Å². The monoisotopic (exact) mass is 236 g/mol. The van der Waals surface area contributed by atoms with Crippen LogP contribution in [0.25, 0.3) is 11.0 Å². The largest absolute Gasteiger partial charge is 0.460 e. The molecular weight excluding hydrogens is 227 g/mol. The summed E-state index contributed by atoms with van der Waals surface area (Å²) in [6, 6.07) is 6.12. The molecule has 2 aromatic rings. The average molecular weight is 236 g/mol. The van der Waals surface area contributed by atoms with Crippen LogP contribution in [0.1, 0.15) is 17.5 Å². The normalized spacial score (nSPS) is 10.5. The van der Waals surface area contributed by atoms with Crippen LogP contribution in [0.2, 0.25) is 0 Å². The minimum atomic E-state index is -1.22. The van der Waals surface area contributed by atoms with Gasteiger partial charge in [-0.1, -0.05) is 12.1 Å². The molecule has 0 amide bonds. The van der Waals surface area contributed by atoms with Crippen molar-refractivity contribution in [2.24, 2.45) is 0 Å². The van der Waals surface area contributed by atoms with Crippen LogP contribution in [0.3, 0.4) is 0 Å². The standard InChI is InChI=1S/C12H9FO4/c1-2-16-12(15)11-9(13)10(14)7-5-3-4-6-8(7)17-11/h3-6H,2H2,1H3. The van der Waals surface area contributed by atoms with Gasteiger partial charge in [-0.15, -0.1) is 0 Å². The van der Waals surface area contributed by atoms with Crippen molar-refractivity contribution >= 4 is 16.9 Å². The maximum absolute atomic E-state index is 13.6. The molecule has 0 bridgehead atoms. The van der Waals surface area contributed by atoms with Crippen LogP contribution in [0.15, 0.2) is 33.5 Å². The van der Waals surface area contributed by atoms with Gasteiger partial charge in [0.15, 0.2) is 0 Å². The van der Waals surface area contributed by atoms with Crippen molar-refractivity contribution < 1.29 is 18.3 Å². The summed E-state index contributed by atoms with van der Waals surface area (Å²) >= 11 is 0. The van der Waals surface area contributed by atoms with Crippen LogP contribution in [0.5, 0.6) is 0 Å². The number of benzene rings is 1. The smallest absolute Gasteiger partial charge is 0.377 e. The summed E-state index contributed by atoms with van der Waals surface area (Å²) in [6.45, 7) is 1.66. The van der Waals surface area contributed by atoms with E-state index in [9.17, 15) is 14.0 Å². The molecule has 0 spiro atoms. The predicted molar refractivity (Wildman–Crippen MR) is 58.4 cm³/mol. The number of para-hydroxylation sites is 1. The first-order valence-electron chi connectivity index (χ1n) is 5.03. The van der Waals surface area contributed by atoms with E-state index in [1.807, 2.05) is 0 Å². The Labute approximate surface area is 95.6 Å². The summed E-state index contributed by atoms with van der Waals surface area (Å²) < 4.78 is 23.2. The molecule has 0 N–H and O–H groups in total. The van der Waals surface area contributed by atoms with E-state index in [2.05, 4.69) is 4.74 Å². The van der Waals surface area contributed by atoms with Crippen LogP contribution in [0.4, 0.5) is 4.39 Å². The maximum Gasteiger partial charge on any atom is 0.377 e. The fourth-order valence-electron chi connectivity index (χ4n) is 1.45. The lowest BCUT2D eigenvalue weighted by molar-refractivity contribution is 0.0482. The predicted octanol–water partition coefficient (Wildman–Crippen LogP) is 2.11. The number of ether oxygens (including phenoxy) is 1. The third kappa shape index (κ3) is 1.91. The van der Waals surface area contributed by atoms with Crippen molar-refractivity contribution in [3.8, 4) is 0 Å². The van der Waals surface area contributed by atoms with E-state index < -0.39 is 23.0 Å². The lowest BCUT2D eigenvalue weighted by atomic mass is 10.2. The molecule has 1 heterocycles. The summed E-state index contributed by atoms with van der Waals surface area (Å²) in [5, 5.41) is 0.0954. The van der Waals surface area contributed by atoms with E-state index in [-0.39, 0.29) is 17.6 Å². The lowest BCUT2D eigenvalue weighted by Crippen LogP contribution is -2.16.